The van der Waals surface area contributed by atoms with Gasteiger partial charge < -0.3 is 19.3 Å². The second-order valence-corrected chi connectivity index (χ2v) is 10.5. The molecule has 0 saturated carbocycles. The van der Waals surface area contributed by atoms with Crippen LogP contribution >= 0.6 is 0 Å². The Morgan fingerprint density at radius 1 is 0.919 bits per heavy atom. The molecule has 37 heavy (non-hydrogen) atoms. The maximum Gasteiger partial charge on any atom is 0.339 e. The SMILES string of the molecule is CC1(C)OC(=O)c2cc3ccc(OCc4cccc(C5(O)CCOCC5)c4)cc3c(-c3ccccc3)c21. The molecule has 1 N–H and O–H groups in total. The molecule has 2 aliphatic rings. The lowest BCUT2D eigenvalue weighted by Gasteiger charge is -2.32. The van der Waals surface area contributed by atoms with Crippen LogP contribution in [0, 0.1) is 0 Å². The minimum Gasteiger partial charge on any atom is -0.489 e. The van der Waals surface area contributed by atoms with Gasteiger partial charge in [0.1, 0.15) is 18.0 Å². The second-order valence-electron chi connectivity index (χ2n) is 10.5. The number of rotatable bonds is 5. The van der Waals surface area contributed by atoms with Gasteiger partial charge in [0.2, 0.25) is 0 Å². The summed E-state index contributed by atoms with van der Waals surface area (Å²) in [5.74, 6) is 0.452. The summed E-state index contributed by atoms with van der Waals surface area (Å²) < 4.78 is 17.4. The predicted octanol–water partition coefficient (Wildman–Crippen LogP) is 6.49. The van der Waals surface area contributed by atoms with E-state index in [4.69, 9.17) is 14.2 Å². The van der Waals surface area contributed by atoms with Gasteiger partial charge in [0.05, 0.1) is 11.2 Å². The summed E-state index contributed by atoms with van der Waals surface area (Å²) in [5, 5.41) is 13.1. The van der Waals surface area contributed by atoms with Gasteiger partial charge in [-0.25, -0.2) is 4.79 Å². The number of cyclic esters (lactones) is 1. The van der Waals surface area contributed by atoms with Crippen molar-refractivity contribution in [1.82, 2.24) is 0 Å². The Hall–Kier alpha value is -3.67. The van der Waals surface area contributed by atoms with E-state index in [2.05, 4.69) is 12.1 Å². The second kappa shape index (κ2) is 9.02. The van der Waals surface area contributed by atoms with E-state index in [0.717, 1.165) is 44.3 Å². The van der Waals surface area contributed by atoms with Crippen molar-refractivity contribution in [3.05, 3.63) is 101 Å². The normalized spacial score (nSPS) is 17.9. The summed E-state index contributed by atoms with van der Waals surface area (Å²) >= 11 is 0. The fourth-order valence-corrected chi connectivity index (χ4v) is 5.61. The van der Waals surface area contributed by atoms with Crippen LogP contribution in [0.1, 0.15) is 53.7 Å². The van der Waals surface area contributed by atoms with E-state index >= 15 is 0 Å². The van der Waals surface area contributed by atoms with E-state index in [0.29, 0.717) is 38.2 Å². The van der Waals surface area contributed by atoms with Gasteiger partial charge in [-0.1, -0.05) is 54.6 Å². The number of hydrogen-bond donors (Lipinski definition) is 1. The van der Waals surface area contributed by atoms with Crippen LogP contribution < -0.4 is 4.74 Å². The smallest absolute Gasteiger partial charge is 0.339 e. The fourth-order valence-electron chi connectivity index (χ4n) is 5.61. The summed E-state index contributed by atoms with van der Waals surface area (Å²) in [6.07, 6.45) is 1.19. The monoisotopic (exact) mass is 494 g/mol. The van der Waals surface area contributed by atoms with E-state index in [1.54, 1.807) is 0 Å². The molecule has 2 aliphatic heterocycles. The van der Waals surface area contributed by atoms with Crippen LogP contribution in [0.3, 0.4) is 0 Å². The molecule has 0 atom stereocenters. The molecule has 1 fully saturated rings. The summed E-state index contributed by atoms with van der Waals surface area (Å²) in [7, 11) is 0. The number of hydrogen-bond acceptors (Lipinski definition) is 5. The molecular formula is C32H30O5. The van der Waals surface area contributed by atoms with Gasteiger partial charge >= 0.3 is 5.97 Å². The molecule has 0 spiro atoms. The molecule has 0 radical (unpaired) electrons. The van der Waals surface area contributed by atoms with Crippen molar-refractivity contribution in [3.8, 4) is 16.9 Å². The number of carbonyl (C=O) groups is 1. The molecular weight excluding hydrogens is 464 g/mol. The van der Waals surface area contributed by atoms with Gasteiger partial charge in [0, 0.05) is 31.6 Å². The Labute approximate surface area is 216 Å². The van der Waals surface area contributed by atoms with E-state index in [1.807, 2.05) is 80.6 Å². The van der Waals surface area contributed by atoms with Gasteiger partial charge in [-0.3, -0.25) is 0 Å². The van der Waals surface area contributed by atoms with Crippen LogP contribution in [0.15, 0.2) is 78.9 Å². The lowest BCUT2D eigenvalue weighted by atomic mass is 9.84. The zero-order valence-corrected chi connectivity index (χ0v) is 21.1. The summed E-state index contributed by atoms with van der Waals surface area (Å²) in [6, 6.07) is 26.0. The summed E-state index contributed by atoms with van der Waals surface area (Å²) in [5.41, 5.74) is 3.88. The Balaban J connectivity index is 1.37. The highest BCUT2D eigenvalue weighted by Gasteiger charge is 2.41. The number of fused-ring (bicyclic) bond motifs is 2. The van der Waals surface area contributed by atoms with Crippen molar-refractivity contribution >= 4 is 16.7 Å². The molecule has 0 amide bonds. The highest BCUT2D eigenvalue weighted by atomic mass is 16.6. The highest BCUT2D eigenvalue weighted by Crippen LogP contribution is 2.46. The van der Waals surface area contributed by atoms with Crippen molar-refractivity contribution in [2.45, 2.75) is 44.5 Å². The standard InChI is InChI=1S/C32H30O5/c1-31(2)29-27(30(33)37-31)18-23-11-12-25(19-26(23)28(29)22-8-4-3-5-9-22)36-20-21-7-6-10-24(17-21)32(34)13-15-35-16-14-32/h3-12,17-19,34H,13-16,20H2,1-2H3. The summed E-state index contributed by atoms with van der Waals surface area (Å²) in [6.45, 7) is 5.39. The zero-order chi connectivity index (χ0) is 25.6. The maximum absolute atomic E-state index is 12.7. The Morgan fingerprint density at radius 3 is 2.49 bits per heavy atom. The van der Waals surface area contributed by atoms with E-state index < -0.39 is 11.2 Å². The molecule has 0 aromatic heterocycles. The largest absolute Gasteiger partial charge is 0.489 e. The molecule has 0 unspecified atom stereocenters. The topological polar surface area (TPSA) is 65.0 Å². The minimum absolute atomic E-state index is 0.287. The molecule has 5 nitrogen and oxygen atoms in total. The zero-order valence-electron chi connectivity index (χ0n) is 21.1. The van der Waals surface area contributed by atoms with Crippen molar-refractivity contribution in [1.29, 1.82) is 0 Å². The van der Waals surface area contributed by atoms with E-state index in [-0.39, 0.29) is 5.97 Å². The van der Waals surface area contributed by atoms with Crippen LogP contribution in [0.2, 0.25) is 0 Å². The first-order valence-corrected chi connectivity index (χ1v) is 12.8. The average Bonchev–Trinajstić information content (AvgIpc) is 3.14. The van der Waals surface area contributed by atoms with Crippen LogP contribution in [-0.4, -0.2) is 24.3 Å². The lowest BCUT2D eigenvalue weighted by Crippen LogP contribution is -2.33. The number of esters is 1. The molecule has 4 aromatic rings. The molecule has 1 saturated heterocycles. The van der Waals surface area contributed by atoms with Crippen LogP contribution in [-0.2, 0) is 27.3 Å². The van der Waals surface area contributed by atoms with Gasteiger partial charge in [0.25, 0.3) is 0 Å². The van der Waals surface area contributed by atoms with Crippen LogP contribution in [0.25, 0.3) is 21.9 Å². The molecule has 0 aliphatic carbocycles. The Kier molecular flexibility index (Phi) is 5.78. The van der Waals surface area contributed by atoms with Gasteiger partial charge in [-0.15, -0.1) is 0 Å². The number of carbonyl (C=O) groups excluding carboxylic acids is 1. The molecule has 0 bridgehead atoms. The summed E-state index contributed by atoms with van der Waals surface area (Å²) in [4.78, 5) is 12.7. The molecule has 2 heterocycles. The number of ether oxygens (including phenoxy) is 3. The average molecular weight is 495 g/mol. The van der Waals surface area contributed by atoms with Gasteiger partial charge in [0.15, 0.2) is 0 Å². The van der Waals surface area contributed by atoms with Crippen molar-refractivity contribution in [3.63, 3.8) is 0 Å². The lowest BCUT2D eigenvalue weighted by molar-refractivity contribution is -0.0679. The van der Waals surface area contributed by atoms with Gasteiger partial charge in [-0.2, -0.15) is 0 Å². The van der Waals surface area contributed by atoms with Gasteiger partial charge in [-0.05, 0) is 71.1 Å². The highest BCUT2D eigenvalue weighted by molar-refractivity contribution is 6.08. The first kappa shape index (κ1) is 23.7. The molecule has 4 aromatic carbocycles. The van der Waals surface area contributed by atoms with Crippen molar-refractivity contribution < 1.29 is 24.1 Å². The third kappa shape index (κ3) is 4.28. The van der Waals surface area contributed by atoms with E-state index in [9.17, 15) is 9.90 Å². The predicted molar refractivity (Wildman–Crippen MR) is 143 cm³/mol. The number of benzene rings is 4. The Bertz CT molecular complexity index is 1480. The van der Waals surface area contributed by atoms with Crippen molar-refractivity contribution in [2.24, 2.45) is 0 Å². The first-order valence-electron chi connectivity index (χ1n) is 12.8. The fraction of sp³-hybridized carbons (Fsp3) is 0.281. The van der Waals surface area contributed by atoms with Crippen LogP contribution in [0.5, 0.6) is 5.75 Å². The first-order chi connectivity index (χ1) is 17.8. The molecule has 6 rings (SSSR count). The number of aliphatic hydroxyl groups is 1. The Morgan fingerprint density at radius 2 is 1.70 bits per heavy atom. The molecule has 5 heteroatoms. The van der Waals surface area contributed by atoms with E-state index in [1.165, 1.54) is 0 Å². The van der Waals surface area contributed by atoms with Crippen LogP contribution in [0.4, 0.5) is 0 Å². The minimum atomic E-state index is -0.853. The quantitative estimate of drug-likeness (QED) is 0.321. The van der Waals surface area contributed by atoms with Crippen molar-refractivity contribution in [2.75, 3.05) is 13.2 Å². The molecule has 188 valence electrons. The maximum atomic E-state index is 12.7. The third-order valence-electron chi connectivity index (χ3n) is 7.54. The third-order valence-corrected chi connectivity index (χ3v) is 7.54.